The quantitative estimate of drug-likeness (QED) is 0.716. The van der Waals surface area contributed by atoms with E-state index in [9.17, 15) is 24.3 Å². The molecule has 1 saturated carbocycles. The Morgan fingerprint density at radius 3 is 2.65 bits per heavy atom. The van der Waals surface area contributed by atoms with Crippen molar-refractivity contribution in [2.45, 2.75) is 57.0 Å². The normalized spacial score (nSPS) is 24.7. The first-order valence-corrected chi connectivity index (χ1v) is 10.6. The van der Waals surface area contributed by atoms with Crippen LogP contribution in [0.4, 0.5) is 10.5 Å². The number of hydrogen-bond donors (Lipinski definition) is 1. The summed E-state index contributed by atoms with van der Waals surface area (Å²) in [6.45, 7) is 0.341. The zero-order valence-electron chi connectivity index (χ0n) is 17.5. The molecule has 166 valence electrons. The van der Waals surface area contributed by atoms with Gasteiger partial charge in [0.05, 0.1) is 18.8 Å². The predicted octanol–water partition coefficient (Wildman–Crippen LogP) is 0.811. The highest BCUT2D eigenvalue weighted by atomic mass is 16.5. The lowest BCUT2D eigenvalue weighted by atomic mass is 9.79. The summed E-state index contributed by atoms with van der Waals surface area (Å²) in [7, 11) is 1.50. The van der Waals surface area contributed by atoms with Gasteiger partial charge in [-0.3, -0.25) is 9.59 Å². The third-order valence-corrected chi connectivity index (χ3v) is 6.72. The second-order valence-corrected chi connectivity index (χ2v) is 8.68. The number of ether oxygens (including phenoxy) is 1. The molecule has 9 nitrogen and oxygen atoms in total. The fourth-order valence-electron chi connectivity index (χ4n) is 5.25. The average molecular weight is 428 g/mol. The van der Waals surface area contributed by atoms with Crippen molar-refractivity contribution in [2.75, 3.05) is 18.6 Å². The monoisotopic (exact) mass is 428 g/mol. The maximum Gasteiger partial charge on any atom is 0.329 e. The fraction of sp³-hybridized carbons (Fsp3) is 0.545. The number of imide groups is 1. The van der Waals surface area contributed by atoms with E-state index in [0.717, 1.165) is 17.7 Å². The maximum absolute atomic E-state index is 13.4. The molecule has 0 radical (unpaired) electrons. The molecule has 0 spiro atoms. The lowest BCUT2D eigenvalue weighted by molar-refractivity contribution is -0.308. The highest BCUT2D eigenvalue weighted by molar-refractivity contribution is 6.19. The molecule has 2 heterocycles. The molecular formula is C22H26N3O6-. The Morgan fingerprint density at radius 1 is 1.23 bits per heavy atom. The van der Waals surface area contributed by atoms with Crippen molar-refractivity contribution in [3.05, 3.63) is 24.3 Å². The molecule has 3 aliphatic rings. The molecule has 1 aliphatic carbocycles. The second-order valence-electron chi connectivity index (χ2n) is 8.68. The van der Waals surface area contributed by atoms with E-state index in [4.69, 9.17) is 4.74 Å². The van der Waals surface area contributed by atoms with E-state index in [2.05, 4.69) is 5.32 Å². The minimum atomic E-state index is -1.15. The smallest absolute Gasteiger partial charge is 0.329 e. The summed E-state index contributed by atoms with van der Waals surface area (Å²) in [5.74, 6) is -1.36. The molecular weight excluding hydrogens is 402 g/mol. The summed E-state index contributed by atoms with van der Waals surface area (Å²) in [4.78, 5) is 53.1. The van der Waals surface area contributed by atoms with Crippen LogP contribution in [0.5, 0.6) is 5.75 Å². The third kappa shape index (κ3) is 3.96. The number of hydrogen-bond acceptors (Lipinski definition) is 6. The molecule has 0 bridgehead atoms. The molecule has 1 aromatic rings. The largest absolute Gasteiger partial charge is 0.550 e. The molecule has 31 heavy (non-hydrogen) atoms. The summed E-state index contributed by atoms with van der Waals surface area (Å²) < 4.78 is 5.19. The standard InChI is InChI=1S/C22H27N3O6/c1-31-15-6-4-5-14(11-15)25-20(29)19-16(23-21(25)30)7-10-24(19)17(26)12-22(13-18(27)28)8-2-3-9-22/h4-6,11,16,19H,2-3,7-10,12-13H2,1H3,(H,23,30)(H,27,28)/p-1/t16-,19+/m1/s1. The number of fused-ring (bicyclic) bond motifs is 1. The van der Waals surface area contributed by atoms with Gasteiger partial charge < -0.3 is 24.9 Å². The Kier molecular flexibility index (Phi) is 5.60. The van der Waals surface area contributed by atoms with E-state index < -0.39 is 35.4 Å². The van der Waals surface area contributed by atoms with Gasteiger partial charge in [0, 0.05) is 25.0 Å². The van der Waals surface area contributed by atoms with Gasteiger partial charge in [-0.25, -0.2) is 9.69 Å². The average Bonchev–Trinajstić information content (AvgIpc) is 3.35. The molecule has 4 rings (SSSR count). The van der Waals surface area contributed by atoms with E-state index in [1.54, 1.807) is 24.3 Å². The minimum Gasteiger partial charge on any atom is -0.550 e. The zero-order chi connectivity index (χ0) is 22.2. The SMILES string of the molecule is COc1cccc(N2C(=O)N[C@@H]3CCN(C(=O)CC4(CC(=O)[O-])CCCC4)[C@@H]3C2=O)c1. The van der Waals surface area contributed by atoms with Crippen molar-refractivity contribution in [3.63, 3.8) is 0 Å². The zero-order valence-corrected chi connectivity index (χ0v) is 17.5. The van der Waals surface area contributed by atoms with Gasteiger partial charge in [0.15, 0.2) is 0 Å². The van der Waals surface area contributed by atoms with Crippen LogP contribution in [0.3, 0.4) is 0 Å². The van der Waals surface area contributed by atoms with E-state index in [-0.39, 0.29) is 18.7 Å². The molecule has 9 heteroatoms. The summed E-state index contributed by atoms with van der Waals surface area (Å²) in [5.41, 5.74) is -0.245. The lowest BCUT2D eigenvalue weighted by Crippen LogP contribution is -2.65. The molecule has 2 atom stereocenters. The van der Waals surface area contributed by atoms with Gasteiger partial charge >= 0.3 is 6.03 Å². The number of methoxy groups -OCH3 is 1. The molecule has 3 fully saturated rings. The lowest BCUT2D eigenvalue weighted by Gasteiger charge is -2.38. The molecule has 1 aromatic carbocycles. The van der Waals surface area contributed by atoms with Crippen LogP contribution < -0.4 is 20.1 Å². The van der Waals surface area contributed by atoms with Crippen LogP contribution in [0.1, 0.15) is 44.9 Å². The van der Waals surface area contributed by atoms with Crippen molar-refractivity contribution in [2.24, 2.45) is 5.41 Å². The number of amides is 4. The molecule has 2 aliphatic heterocycles. The Labute approximate surface area is 180 Å². The van der Waals surface area contributed by atoms with E-state index >= 15 is 0 Å². The van der Waals surface area contributed by atoms with Crippen LogP contribution in [0.25, 0.3) is 0 Å². The number of aliphatic carboxylic acids is 1. The Hall–Kier alpha value is -3.10. The number of carbonyl (C=O) groups is 4. The summed E-state index contributed by atoms with van der Waals surface area (Å²) >= 11 is 0. The number of nitrogens with zero attached hydrogens (tertiary/aromatic N) is 2. The van der Waals surface area contributed by atoms with Crippen LogP contribution in [0.15, 0.2) is 24.3 Å². The molecule has 0 aromatic heterocycles. The number of carboxylic acids is 1. The van der Waals surface area contributed by atoms with Gasteiger partial charge in [-0.1, -0.05) is 18.9 Å². The van der Waals surface area contributed by atoms with Gasteiger partial charge in [0.1, 0.15) is 11.8 Å². The first kappa shape index (κ1) is 21.1. The van der Waals surface area contributed by atoms with Crippen molar-refractivity contribution in [1.82, 2.24) is 10.2 Å². The van der Waals surface area contributed by atoms with Crippen LogP contribution in [0.2, 0.25) is 0 Å². The van der Waals surface area contributed by atoms with Gasteiger partial charge in [-0.2, -0.15) is 0 Å². The number of urea groups is 1. The number of rotatable bonds is 6. The number of carbonyl (C=O) groups excluding carboxylic acids is 4. The molecule has 1 N–H and O–H groups in total. The van der Waals surface area contributed by atoms with Gasteiger partial charge in [0.25, 0.3) is 5.91 Å². The van der Waals surface area contributed by atoms with E-state index in [0.29, 0.717) is 37.2 Å². The molecule has 2 saturated heterocycles. The van der Waals surface area contributed by atoms with Crippen LogP contribution >= 0.6 is 0 Å². The molecule has 4 amide bonds. The summed E-state index contributed by atoms with van der Waals surface area (Å²) in [6, 6.07) is 4.83. The maximum atomic E-state index is 13.4. The van der Waals surface area contributed by atoms with Crippen molar-refractivity contribution in [3.8, 4) is 5.75 Å². The van der Waals surface area contributed by atoms with E-state index in [1.165, 1.54) is 12.0 Å². The van der Waals surface area contributed by atoms with Crippen LogP contribution in [-0.4, -0.2) is 54.5 Å². The first-order valence-electron chi connectivity index (χ1n) is 10.6. The number of benzene rings is 1. The minimum absolute atomic E-state index is 0.0740. The predicted molar refractivity (Wildman–Crippen MR) is 108 cm³/mol. The van der Waals surface area contributed by atoms with Gasteiger partial charge in [-0.15, -0.1) is 0 Å². The van der Waals surface area contributed by atoms with Crippen molar-refractivity contribution in [1.29, 1.82) is 0 Å². The molecule has 0 unspecified atom stereocenters. The third-order valence-electron chi connectivity index (χ3n) is 6.72. The van der Waals surface area contributed by atoms with E-state index in [1.807, 2.05) is 0 Å². The summed E-state index contributed by atoms with van der Waals surface area (Å²) in [5, 5.41) is 14.1. The fourth-order valence-corrected chi connectivity index (χ4v) is 5.25. The van der Waals surface area contributed by atoms with Gasteiger partial charge in [-0.05, 0) is 43.2 Å². The number of anilines is 1. The highest BCUT2D eigenvalue weighted by Crippen LogP contribution is 2.45. The van der Waals surface area contributed by atoms with Crippen LogP contribution in [0, 0.1) is 5.41 Å². The Balaban J connectivity index is 1.56. The van der Waals surface area contributed by atoms with Crippen molar-refractivity contribution < 1.29 is 29.0 Å². The first-order chi connectivity index (χ1) is 14.8. The Bertz CT molecular complexity index is 910. The Morgan fingerprint density at radius 2 is 1.97 bits per heavy atom. The number of likely N-dealkylation sites (tertiary alicyclic amines) is 1. The van der Waals surface area contributed by atoms with Crippen LogP contribution in [-0.2, 0) is 14.4 Å². The highest BCUT2D eigenvalue weighted by Gasteiger charge is 2.51. The topological polar surface area (TPSA) is 119 Å². The van der Waals surface area contributed by atoms with Gasteiger partial charge in [0.2, 0.25) is 5.91 Å². The summed E-state index contributed by atoms with van der Waals surface area (Å²) in [6.07, 6.45) is 3.49. The number of nitrogens with one attached hydrogen (secondary N) is 1. The number of carboxylic acid groups (broad SMARTS) is 1. The second kappa shape index (κ2) is 8.20. The van der Waals surface area contributed by atoms with Crippen molar-refractivity contribution >= 4 is 29.5 Å².